The summed E-state index contributed by atoms with van der Waals surface area (Å²) in [5.74, 6) is 2.53. The molecule has 0 radical (unpaired) electrons. The maximum atomic E-state index is 6.32. The normalized spacial score (nSPS) is 23.4. The van der Waals surface area contributed by atoms with E-state index >= 15 is 0 Å². The van der Waals surface area contributed by atoms with Crippen LogP contribution in [-0.2, 0) is 4.74 Å². The van der Waals surface area contributed by atoms with E-state index in [1.807, 2.05) is 0 Å². The second-order valence-electron chi connectivity index (χ2n) is 8.77. The Kier molecular flexibility index (Phi) is 9.80. The lowest BCUT2D eigenvalue weighted by Gasteiger charge is -2.36. The van der Waals surface area contributed by atoms with Gasteiger partial charge in [0, 0.05) is 32.8 Å². The Labute approximate surface area is 157 Å². The molecule has 2 fully saturated rings. The molecule has 1 atom stereocenters. The maximum absolute atomic E-state index is 6.32. The van der Waals surface area contributed by atoms with Gasteiger partial charge in [0.15, 0.2) is 0 Å². The Morgan fingerprint density at radius 3 is 1.92 bits per heavy atom. The lowest BCUT2D eigenvalue weighted by atomic mass is 9.95. The highest BCUT2D eigenvalue weighted by Crippen LogP contribution is 2.22. The summed E-state index contributed by atoms with van der Waals surface area (Å²) in [6.45, 7) is 18.0. The van der Waals surface area contributed by atoms with Crippen LogP contribution in [0.15, 0.2) is 0 Å². The summed E-state index contributed by atoms with van der Waals surface area (Å²) >= 11 is 0. The summed E-state index contributed by atoms with van der Waals surface area (Å²) in [4.78, 5) is 5.34. The largest absolute Gasteiger partial charge is 0.378 e. The van der Waals surface area contributed by atoms with Gasteiger partial charge in [-0.3, -0.25) is 0 Å². The second kappa shape index (κ2) is 11.6. The van der Waals surface area contributed by atoms with Gasteiger partial charge in [-0.2, -0.15) is 0 Å². The predicted molar refractivity (Wildman–Crippen MR) is 108 cm³/mol. The van der Waals surface area contributed by atoms with Crippen molar-refractivity contribution in [3.63, 3.8) is 0 Å². The molecule has 0 aromatic carbocycles. The van der Waals surface area contributed by atoms with Gasteiger partial charge in [-0.05, 0) is 56.5 Å². The molecule has 3 heteroatoms. The molecule has 3 nitrogen and oxygen atoms in total. The monoisotopic (exact) mass is 352 g/mol. The van der Waals surface area contributed by atoms with E-state index in [-0.39, 0.29) is 0 Å². The van der Waals surface area contributed by atoms with E-state index in [1.165, 1.54) is 84.2 Å². The molecular weight excluding hydrogens is 308 g/mol. The minimum atomic E-state index is 0.524. The number of hydrogen-bond donors (Lipinski definition) is 0. The third-order valence-electron chi connectivity index (χ3n) is 6.75. The fourth-order valence-electron chi connectivity index (χ4n) is 4.35. The van der Waals surface area contributed by atoms with Crippen molar-refractivity contribution in [3.8, 4) is 0 Å². The molecule has 2 heterocycles. The first-order valence-electron chi connectivity index (χ1n) is 11.2. The molecule has 0 N–H and O–H groups in total. The third-order valence-corrected chi connectivity index (χ3v) is 6.75. The van der Waals surface area contributed by atoms with Crippen LogP contribution in [0.2, 0.25) is 0 Å². The highest BCUT2D eigenvalue weighted by Gasteiger charge is 2.24. The first-order valence-corrected chi connectivity index (χ1v) is 11.2. The minimum absolute atomic E-state index is 0.524. The molecule has 0 amide bonds. The molecule has 25 heavy (non-hydrogen) atoms. The van der Waals surface area contributed by atoms with Gasteiger partial charge in [-0.25, -0.2) is 0 Å². The van der Waals surface area contributed by atoms with Crippen molar-refractivity contribution in [1.82, 2.24) is 9.80 Å². The summed E-state index contributed by atoms with van der Waals surface area (Å²) < 4.78 is 6.32. The van der Waals surface area contributed by atoms with E-state index in [2.05, 4.69) is 37.5 Å². The molecule has 2 aliphatic heterocycles. The van der Waals surface area contributed by atoms with E-state index < -0.39 is 0 Å². The number of hydrogen-bond acceptors (Lipinski definition) is 3. The van der Waals surface area contributed by atoms with Crippen LogP contribution < -0.4 is 0 Å². The van der Waals surface area contributed by atoms with Gasteiger partial charge in [-0.1, -0.05) is 47.0 Å². The van der Waals surface area contributed by atoms with Crippen LogP contribution >= 0.6 is 0 Å². The zero-order valence-electron chi connectivity index (χ0n) is 17.5. The first kappa shape index (κ1) is 21.2. The van der Waals surface area contributed by atoms with E-state index in [4.69, 9.17) is 4.74 Å². The van der Waals surface area contributed by atoms with E-state index in [9.17, 15) is 0 Å². The molecule has 2 rings (SSSR count). The molecule has 0 saturated carbocycles. The van der Waals surface area contributed by atoms with E-state index in [0.29, 0.717) is 6.10 Å². The number of nitrogens with zero attached hydrogens (tertiary/aromatic N) is 2. The fraction of sp³-hybridized carbons (Fsp3) is 1.00. The highest BCUT2D eigenvalue weighted by atomic mass is 16.5. The Hall–Kier alpha value is -0.120. The van der Waals surface area contributed by atoms with Gasteiger partial charge >= 0.3 is 0 Å². The van der Waals surface area contributed by atoms with Crippen molar-refractivity contribution in [2.24, 2.45) is 17.8 Å². The summed E-state index contributed by atoms with van der Waals surface area (Å²) in [5.41, 5.74) is 0. The van der Waals surface area contributed by atoms with Crippen LogP contribution in [0.3, 0.4) is 0 Å². The summed E-state index contributed by atoms with van der Waals surface area (Å²) in [6, 6.07) is 0. The smallest absolute Gasteiger partial charge is 0.0599 e. The molecule has 0 bridgehead atoms. The molecule has 0 spiro atoms. The summed E-state index contributed by atoms with van der Waals surface area (Å²) in [5, 5.41) is 0. The number of piperidine rings is 2. The lowest BCUT2D eigenvalue weighted by Crippen LogP contribution is -2.41. The number of rotatable bonds is 10. The van der Waals surface area contributed by atoms with Crippen molar-refractivity contribution < 1.29 is 4.74 Å². The van der Waals surface area contributed by atoms with Crippen LogP contribution in [0.5, 0.6) is 0 Å². The first-order chi connectivity index (χ1) is 12.1. The van der Waals surface area contributed by atoms with Crippen LogP contribution in [0.4, 0.5) is 0 Å². The van der Waals surface area contributed by atoms with Gasteiger partial charge in [0.25, 0.3) is 0 Å². The minimum Gasteiger partial charge on any atom is -0.378 e. The Bertz CT molecular complexity index is 329. The van der Waals surface area contributed by atoms with Crippen LogP contribution in [-0.4, -0.2) is 61.8 Å². The second-order valence-corrected chi connectivity index (χ2v) is 8.77. The predicted octanol–water partition coefficient (Wildman–Crippen LogP) is 4.66. The quantitative estimate of drug-likeness (QED) is 0.568. The fourth-order valence-corrected chi connectivity index (χ4v) is 4.35. The van der Waals surface area contributed by atoms with E-state index in [1.54, 1.807) is 0 Å². The summed E-state index contributed by atoms with van der Waals surface area (Å²) in [6.07, 6.45) is 9.64. The molecule has 148 valence electrons. The lowest BCUT2D eigenvalue weighted by molar-refractivity contribution is -0.0215. The van der Waals surface area contributed by atoms with Crippen LogP contribution in [0.25, 0.3) is 0 Å². The van der Waals surface area contributed by atoms with Crippen molar-refractivity contribution in [3.05, 3.63) is 0 Å². The zero-order valence-corrected chi connectivity index (χ0v) is 17.5. The molecule has 0 aromatic heterocycles. The van der Waals surface area contributed by atoms with Crippen molar-refractivity contribution in [1.29, 1.82) is 0 Å². The van der Waals surface area contributed by atoms with Crippen molar-refractivity contribution in [2.45, 2.75) is 78.7 Å². The average Bonchev–Trinajstić information content (AvgIpc) is 2.66. The Morgan fingerprint density at radius 2 is 1.36 bits per heavy atom. The molecule has 0 aliphatic carbocycles. The Balaban J connectivity index is 1.56. The molecule has 1 unspecified atom stereocenters. The zero-order chi connectivity index (χ0) is 18.1. The molecular formula is C22H44N2O. The van der Waals surface area contributed by atoms with Gasteiger partial charge in [0.2, 0.25) is 0 Å². The molecule has 0 aromatic rings. The average molecular weight is 353 g/mol. The van der Waals surface area contributed by atoms with Gasteiger partial charge in [0.1, 0.15) is 0 Å². The topological polar surface area (TPSA) is 15.7 Å². The van der Waals surface area contributed by atoms with Crippen molar-refractivity contribution >= 4 is 0 Å². The van der Waals surface area contributed by atoms with Crippen molar-refractivity contribution in [2.75, 3.05) is 45.9 Å². The van der Waals surface area contributed by atoms with Gasteiger partial charge < -0.3 is 14.5 Å². The van der Waals surface area contributed by atoms with Crippen LogP contribution in [0.1, 0.15) is 72.6 Å². The SMILES string of the molecule is CCC(C)CN1CCC(OCC2CCN(CC(CC)CC)CC2)CC1. The van der Waals surface area contributed by atoms with Crippen LogP contribution in [0, 0.1) is 17.8 Å². The number of ether oxygens (including phenoxy) is 1. The maximum Gasteiger partial charge on any atom is 0.0599 e. The van der Waals surface area contributed by atoms with E-state index in [0.717, 1.165) is 24.4 Å². The Morgan fingerprint density at radius 1 is 0.800 bits per heavy atom. The van der Waals surface area contributed by atoms with Gasteiger partial charge in [0.05, 0.1) is 6.10 Å². The molecule has 2 aliphatic rings. The molecule has 2 saturated heterocycles. The summed E-state index contributed by atoms with van der Waals surface area (Å²) in [7, 11) is 0. The van der Waals surface area contributed by atoms with Gasteiger partial charge in [-0.15, -0.1) is 0 Å². The highest BCUT2D eigenvalue weighted by molar-refractivity contribution is 4.77. The standard InChI is InChI=1S/C22H44N2O/c1-5-19(4)16-23-14-10-22(11-15-23)25-18-21-8-12-24(13-9-21)17-20(6-2)7-3/h19-22H,5-18H2,1-4H3. The third kappa shape index (κ3) is 7.56. The number of likely N-dealkylation sites (tertiary alicyclic amines) is 2.